The summed E-state index contributed by atoms with van der Waals surface area (Å²) in [6.45, 7) is 8.55. The molecule has 0 unspecified atom stereocenters. The van der Waals surface area contributed by atoms with Crippen LogP contribution >= 0.6 is 0 Å². The first-order valence-corrected chi connectivity index (χ1v) is 10.6. The van der Waals surface area contributed by atoms with E-state index in [9.17, 15) is 0 Å². The highest BCUT2D eigenvalue weighted by Crippen LogP contribution is 2.33. The molecule has 0 aliphatic heterocycles. The zero-order chi connectivity index (χ0) is 21.5. The van der Waals surface area contributed by atoms with E-state index >= 15 is 0 Å². The van der Waals surface area contributed by atoms with Gasteiger partial charge in [0.2, 0.25) is 0 Å². The Balaban J connectivity index is 1.51. The monoisotopic (exact) mass is 403 g/mol. The Labute approximate surface area is 183 Å². The molecule has 0 amide bonds. The van der Waals surface area contributed by atoms with Crippen molar-refractivity contribution in [3.8, 4) is 33.7 Å². The van der Waals surface area contributed by atoms with E-state index in [1.165, 1.54) is 33.4 Å². The molecule has 0 radical (unpaired) electrons. The predicted molar refractivity (Wildman–Crippen MR) is 129 cm³/mol. The van der Waals surface area contributed by atoms with E-state index in [-0.39, 0.29) is 0 Å². The van der Waals surface area contributed by atoms with Crippen LogP contribution in [0.4, 0.5) is 0 Å². The third-order valence-corrected chi connectivity index (χ3v) is 5.86. The molecule has 2 heteroatoms. The zero-order valence-electron chi connectivity index (χ0n) is 18.4. The van der Waals surface area contributed by atoms with Gasteiger partial charge in [-0.3, -0.25) is 4.98 Å². The molecule has 0 aliphatic carbocycles. The van der Waals surface area contributed by atoms with E-state index in [2.05, 4.69) is 99.4 Å². The van der Waals surface area contributed by atoms with Crippen molar-refractivity contribution in [3.05, 3.63) is 101 Å². The van der Waals surface area contributed by atoms with E-state index in [4.69, 9.17) is 4.42 Å². The Kier molecular flexibility index (Phi) is 4.71. The fraction of sp³-hybridized carbons (Fsp3) is 0.138. The van der Waals surface area contributed by atoms with E-state index in [0.29, 0.717) is 0 Å². The Bertz CT molecular complexity index is 1370. The lowest BCUT2D eigenvalue weighted by molar-refractivity contribution is 0.631. The van der Waals surface area contributed by atoms with Gasteiger partial charge in [-0.15, -0.1) is 0 Å². The summed E-state index contributed by atoms with van der Waals surface area (Å²) in [6.07, 6.45) is 1.90. The number of hydrogen-bond acceptors (Lipinski definition) is 2. The molecule has 5 aromatic rings. The predicted octanol–water partition coefficient (Wildman–Crippen LogP) is 8.06. The topological polar surface area (TPSA) is 26.0 Å². The molecule has 0 saturated heterocycles. The van der Waals surface area contributed by atoms with Crippen molar-refractivity contribution in [1.82, 2.24) is 4.98 Å². The fourth-order valence-electron chi connectivity index (χ4n) is 4.43. The second-order valence-electron chi connectivity index (χ2n) is 8.44. The third kappa shape index (κ3) is 3.66. The van der Waals surface area contributed by atoms with Gasteiger partial charge < -0.3 is 4.42 Å². The molecular formula is C29H25NO. The van der Waals surface area contributed by atoms with E-state index in [1.807, 2.05) is 12.3 Å². The van der Waals surface area contributed by atoms with Gasteiger partial charge in [-0.25, -0.2) is 0 Å². The summed E-state index contributed by atoms with van der Waals surface area (Å²) < 4.78 is 6.23. The molecule has 152 valence electrons. The highest BCUT2D eigenvalue weighted by atomic mass is 16.3. The maximum atomic E-state index is 6.23. The van der Waals surface area contributed by atoms with Crippen molar-refractivity contribution in [2.24, 2.45) is 0 Å². The number of aromatic nitrogens is 1. The van der Waals surface area contributed by atoms with Crippen LogP contribution in [0, 0.1) is 27.7 Å². The highest BCUT2D eigenvalue weighted by Gasteiger charge is 2.11. The SMILES string of the molecule is Cc1cc(C)cc(-c2cc3oc(-c4ccc(-c5c(C)cccc5C)cc4)cc3cn2)c1. The van der Waals surface area contributed by atoms with Gasteiger partial charge in [-0.2, -0.15) is 0 Å². The maximum Gasteiger partial charge on any atom is 0.138 e. The lowest BCUT2D eigenvalue weighted by Gasteiger charge is -2.10. The Morgan fingerprint density at radius 2 is 1.29 bits per heavy atom. The van der Waals surface area contributed by atoms with Gasteiger partial charge in [0.15, 0.2) is 0 Å². The first kappa shape index (κ1) is 19.3. The molecule has 0 saturated carbocycles. The highest BCUT2D eigenvalue weighted by molar-refractivity contribution is 5.85. The van der Waals surface area contributed by atoms with E-state index in [1.54, 1.807) is 0 Å². The minimum absolute atomic E-state index is 0.859. The molecule has 0 aliphatic rings. The van der Waals surface area contributed by atoms with Crippen molar-refractivity contribution >= 4 is 11.0 Å². The first-order chi connectivity index (χ1) is 15.0. The Morgan fingerprint density at radius 3 is 1.97 bits per heavy atom. The van der Waals surface area contributed by atoms with E-state index in [0.717, 1.165) is 33.6 Å². The minimum Gasteiger partial charge on any atom is -0.456 e. The van der Waals surface area contributed by atoms with Crippen LogP contribution in [0.3, 0.4) is 0 Å². The Hall–Kier alpha value is -3.65. The van der Waals surface area contributed by atoms with Crippen molar-refractivity contribution in [2.75, 3.05) is 0 Å². The number of fused-ring (bicyclic) bond motifs is 1. The van der Waals surface area contributed by atoms with Gasteiger partial charge in [0, 0.05) is 28.8 Å². The molecule has 3 aromatic carbocycles. The molecule has 0 atom stereocenters. The first-order valence-electron chi connectivity index (χ1n) is 10.6. The smallest absolute Gasteiger partial charge is 0.138 e. The standard InChI is InChI=1S/C29H25NO/c1-18-12-19(2)14-24(13-18)26-16-28-25(17-30-26)15-27(31-28)22-8-10-23(11-9-22)29-20(3)6-5-7-21(29)4/h5-17H,1-4H3. The van der Waals surface area contributed by atoms with Gasteiger partial charge in [0.25, 0.3) is 0 Å². The molecule has 0 spiro atoms. The van der Waals surface area contributed by atoms with Gasteiger partial charge >= 0.3 is 0 Å². The number of pyridine rings is 1. The van der Waals surface area contributed by atoms with Crippen LogP contribution in [0.15, 0.2) is 83.4 Å². The van der Waals surface area contributed by atoms with Crippen LogP contribution in [0.1, 0.15) is 22.3 Å². The van der Waals surface area contributed by atoms with Crippen molar-refractivity contribution < 1.29 is 4.42 Å². The van der Waals surface area contributed by atoms with E-state index < -0.39 is 0 Å². The van der Waals surface area contributed by atoms with Gasteiger partial charge in [-0.1, -0.05) is 59.7 Å². The molecule has 5 rings (SSSR count). The summed E-state index contributed by atoms with van der Waals surface area (Å²) >= 11 is 0. The minimum atomic E-state index is 0.859. The summed E-state index contributed by atoms with van der Waals surface area (Å²) in [7, 11) is 0. The maximum absolute atomic E-state index is 6.23. The van der Waals surface area contributed by atoms with Crippen LogP contribution < -0.4 is 0 Å². The van der Waals surface area contributed by atoms with Crippen molar-refractivity contribution in [1.29, 1.82) is 0 Å². The number of aryl methyl sites for hydroxylation is 4. The number of nitrogens with zero attached hydrogens (tertiary/aromatic N) is 1. The molecular weight excluding hydrogens is 378 g/mol. The van der Waals surface area contributed by atoms with Crippen LogP contribution in [-0.2, 0) is 0 Å². The fourth-order valence-corrected chi connectivity index (χ4v) is 4.43. The molecule has 2 nitrogen and oxygen atoms in total. The van der Waals surface area contributed by atoms with Crippen molar-refractivity contribution in [3.63, 3.8) is 0 Å². The van der Waals surface area contributed by atoms with Gasteiger partial charge in [0.05, 0.1) is 5.69 Å². The third-order valence-electron chi connectivity index (χ3n) is 5.86. The summed E-state index contributed by atoms with van der Waals surface area (Å²) in [5.41, 5.74) is 11.6. The number of hydrogen-bond donors (Lipinski definition) is 0. The average Bonchev–Trinajstić information content (AvgIpc) is 3.17. The summed E-state index contributed by atoms with van der Waals surface area (Å²) in [5.74, 6) is 0.863. The normalized spacial score (nSPS) is 11.2. The number of furan rings is 1. The number of rotatable bonds is 3. The molecule has 0 fully saturated rings. The van der Waals surface area contributed by atoms with Crippen LogP contribution in [-0.4, -0.2) is 4.98 Å². The summed E-state index contributed by atoms with van der Waals surface area (Å²) in [4.78, 5) is 4.68. The lowest BCUT2D eigenvalue weighted by atomic mass is 9.95. The largest absolute Gasteiger partial charge is 0.456 e. The molecule has 0 N–H and O–H groups in total. The van der Waals surface area contributed by atoms with Gasteiger partial charge in [-0.05, 0) is 68.1 Å². The lowest BCUT2D eigenvalue weighted by Crippen LogP contribution is -1.87. The summed E-state index contributed by atoms with van der Waals surface area (Å²) in [5, 5.41) is 1.02. The van der Waals surface area contributed by atoms with Crippen LogP contribution in [0.2, 0.25) is 0 Å². The van der Waals surface area contributed by atoms with Crippen LogP contribution in [0.25, 0.3) is 44.7 Å². The molecule has 2 aromatic heterocycles. The van der Waals surface area contributed by atoms with Crippen molar-refractivity contribution in [2.45, 2.75) is 27.7 Å². The second-order valence-corrected chi connectivity index (χ2v) is 8.44. The number of benzene rings is 3. The molecule has 2 heterocycles. The average molecular weight is 404 g/mol. The zero-order valence-corrected chi connectivity index (χ0v) is 18.4. The second kappa shape index (κ2) is 7.55. The van der Waals surface area contributed by atoms with Crippen LogP contribution in [0.5, 0.6) is 0 Å². The quantitative estimate of drug-likeness (QED) is 0.304. The molecule has 0 bridgehead atoms. The molecule has 31 heavy (non-hydrogen) atoms. The van der Waals surface area contributed by atoms with Gasteiger partial charge in [0.1, 0.15) is 11.3 Å². The summed E-state index contributed by atoms with van der Waals surface area (Å²) in [6, 6.07) is 25.7. The Morgan fingerprint density at radius 1 is 0.645 bits per heavy atom.